The van der Waals surface area contributed by atoms with Gasteiger partial charge in [0, 0.05) is 19.0 Å². The normalized spacial score (nSPS) is 17.7. The van der Waals surface area contributed by atoms with Crippen LogP contribution >= 0.6 is 0 Å². The summed E-state index contributed by atoms with van der Waals surface area (Å²) in [5, 5.41) is 14.3. The Morgan fingerprint density at radius 1 is 1.50 bits per heavy atom. The highest BCUT2D eigenvalue weighted by atomic mass is 19.1. The smallest absolute Gasteiger partial charge is 0.292 e. The Bertz CT molecular complexity index is 613. The number of Topliss-reactive ketones (excluding diaryl/α,β-unsaturated/α-hetero) is 1. The molecule has 1 N–H and O–H groups in total. The van der Waals surface area contributed by atoms with E-state index in [0.29, 0.717) is 30.6 Å². The zero-order chi connectivity index (χ0) is 16.1. The van der Waals surface area contributed by atoms with E-state index in [1.807, 2.05) is 0 Å². The molecule has 2 rings (SSSR count). The monoisotopic (exact) mass is 306 g/mol. The summed E-state index contributed by atoms with van der Waals surface area (Å²) in [5.41, 5.74) is 1.04. The summed E-state index contributed by atoms with van der Waals surface area (Å²) in [4.78, 5) is 21.8. The largest absolute Gasteiger partial charge is 0.379 e. The molecule has 0 spiro atoms. The molecule has 1 aromatic carbocycles. The average Bonchev–Trinajstić information content (AvgIpc) is 2.46. The van der Waals surface area contributed by atoms with Gasteiger partial charge in [0.15, 0.2) is 0 Å². The van der Waals surface area contributed by atoms with Gasteiger partial charge in [-0.15, -0.1) is 0 Å². The fourth-order valence-electron chi connectivity index (χ4n) is 2.57. The molecule has 0 heterocycles. The first-order valence-electron chi connectivity index (χ1n) is 7.31. The van der Waals surface area contributed by atoms with Gasteiger partial charge in [-0.05, 0) is 43.7 Å². The van der Waals surface area contributed by atoms with Crippen LogP contribution in [0.5, 0.6) is 0 Å². The second-order valence-corrected chi connectivity index (χ2v) is 5.66. The maximum Gasteiger partial charge on any atom is 0.292 e. The standard InChI is InChI=1S/C16H19FN2O3/c1-11(20)8-13-4-7-15(16(9-13)19(21)22)18-10-12-2-5-14(17)6-3-12/h4-5,7,9,12,18H,2-3,6,8,10H2,1H3. The first kappa shape index (κ1) is 16.1. The van der Waals surface area contributed by atoms with E-state index in [0.717, 1.165) is 6.42 Å². The van der Waals surface area contributed by atoms with Gasteiger partial charge < -0.3 is 5.32 Å². The molecule has 1 atom stereocenters. The Morgan fingerprint density at radius 2 is 2.27 bits per heavy atom. The number of nitro groups is 1. The van der Waals surface area contributed by atoms with E-state index in [9.17, 15) is 19.3 Å². The Hall–Kier alpha value is -2.24. The molecule has 0 radical (unpaired) electrons. The van der Waals surface area contributed by atoms with Crippen molar-refractivity contribution in [1.29, 1.82) is 0 Å². The van der Waals surface area contributed by atoms with E-state index in [-0.39, 0.29) is 29.6 Å². The third kappa shape index (κ3) is 4.38. The minimum Gasteiger partial charge on any atom is -0.379 e. The number of allylic oxidation sites excluding steroid dienone is 2. The zero-order valence-corrected chi connectivity index (χ0v) is 12.5. The van der Waals surface area contributed by atoms with Crippen molar-refractivity contribution in [3.8, 4) is 0 Å². The number of hydrogen-bond acceptors (Lipinski definition) is 4. The number of nitro benzene ring substituents is 1. The highest BCUT2D eigenvalue weighted by Gasteiger charge is 2.18. The van der Waals surface area contributed by atoms with Crippen LogP contribution in [0, 0.1) is 16.0 Å². The minimum atomic E-state index is -0.452. The van der Waals surface area contributed by atoms with Gasteiger partial charge in [-0.25, -0.2) is 4.39 Å². The molecule has 118 valence electrons. The lowest BCUT2D eigenvalue weighted by Crippen LogP contribution is -2.16. The molecule has 0 saturated carbocycles. The topological polar surface area (TPSA) is 72.2 Å². The van der Waals surface area contributed by atoms with Gasteiger partial charge in [-0.3, -0.25) is 14.9 Å². The number of ketones is 1. The van der Waals surface area contributed by atoms with Crippen molar-refractivity contribution >= 4 is 17.2 Å². The molecule has 1 aliphatic rings. The molecule has 5 nitrogen and oxygen atoms in total. The summed E-state index contributed by atoms with van der Waals surface area (Å²) in [6.45, 7) is 2.02. The number of nitrogens with zero attached hydrogens (tertiary/aromatic N) is 1. The van der Waals surface area contributed by atoms with Crippen molar-refractivity contribution in [2.75, 3.05) is 11.9 Å². The van der Waals surface area contributed by atoms with Gasteiger partial charge in [0.2, 0.25) is 0 Å². The van der Waals surface area contributed by atoms with Crippen molar-refractivity contribution in [2.24, 2.45) is 5.92 Å². The van der Waals surface area contributed by atoms with Crippen LogP contribution in [0.2, 0.25) is 0 Å². The molecule has 0 aliphatic heterocycles. The lowest BCUT2D eigenvalue weighted by molar-refractivity contribution is -0.384. The quantitative estimate of drug-likeness (QED) is 0.641. The van der Waals surface area contributed by atoms with Crippen LogP contribution in [0.1, 0.15) is 31.7 Å². The van der Waals surface area contributed by atoms with Crippen molar-refractivity contribution in [3.63, 3.8) is 0 Å². The molecule has 0 saturated heterocycles. The molecule has 0 amide bonds. The van der Waals surface area contributed by atoms with Crippen LogP contribution in [-0.2, 0) is 11.2 Å². The van der Waals surface area contributed by atoms with E-state index in [2.05, 4.69) is 5.32 Å². The maximum absolute atomic E-state index is 13.0. The predicted octanol–water partition coefficient (Wildman–Crippen LogP) is 3.79. The van der Waals surface area contributed by atoms with E-state index >= 15 is 0 Å². The summed E-state index contributed by atoms with van der Waals surface area (Å²) in [6.07, 6.45) is 3.60. The van der Waals surface area contributed by atoms with Crippen LogP contribution in [0.25, 0.3) is 0 Å². The van der Waals surface area contributed by atoms with E-state index in [1.165, 1.54) is 13.0 Å². The lowest BCUT2D eigenvalue weighted by Gasteiger charge is -2.19. The molecule has 0 aromatic heterocycles. The van der Waals surface area contributed by atoms with Crippen LogP contribution in [0.4, 0.5) is 15.8 Å². The van der Waals surface area contributed by atoms with Gasteiger partial charge in [-0.1, -0.05) is 12.1 Å². The van der Waals surface area contributed by atoms with Crippen LogP contribution < -0.4 is 5.32 Å². The predicted molar refractivity (Wildman–Crippen MR) is 82.5 cm³/mol. The number of rotatable bonds is 6. The molecule has 6 heteroatoms. The molecule has 1 aromatic rings. The average molecular weight is 306 g/mol. The fraction of sp³-hybridized carbons (Fsp3) is 0.438. The lowest BCUT2D eigenvalue weighted by atomic mass is 9.93. The van der Waals surface area contributed by atoms with E-state index < -0.39 is 4.92 Å². The third-order valence-electron chi connectivity index (χ3n) is 3.76. The SMILES string of the molecule is CC(=O)Cc1ccc(NCC2CC=C(F)CC2)c([N+](=O)[O-])c1. The second kappa shape index (κ2) is 7.15. The molecule has 0 fully saturated rings. The molecular weight excluding hydrogens is 287 g/mol. The van der Waals surface area contributed by atoms with Gasteiger partial charge in [-0.2, -0.15) is 0 Å². The van der Waals surface area contributed by atoms with Crippen molar-refractivity contribution < 1.29 is 14.1 Å². The Kier molecular flexibility index (Phi) is 5.25. The number of carbonyl (C=O) groups is 1. The summed E-state index contributed by atoms with van der Waals surface area (Å²) in [6, 6.07) is 4.79. The Labute approximate surface area is 128 Å². The van der Waals surface area contributed by atoms with Gasteiger partial charge >= 0.3 is 0 Å². The fourth-order valence-corrected chi connectivity index (χ4v) is 2.57. The third-order valence-corrected chi connectivity index (χ3v) is 3.76. The molecule has 22 heavy (non-hydrogen) atoms. The van der Waals surface area contributed by atoms with Gasteiger partial charge in [0.05, 0.1) is 10.8 Å². The number of hydrogen-bond donors (Lipinski definition) is 1. The molecule has 0 bridgehead atoms. The van der Waals surface area contributed by atoms with Crippen molar-refractivity contribution in [2.45, 2.75) is 32.6 Å². The summed E-state index contributed by atoms with van der Waals surface area (Å²) in [7, 11) is 0. The molecule has 1 unspecified atom stereocenters. The van der Waals surface area contributed by atoms with Gasteiger partial charge in [0.1, 0.15) is 11.5 Å². The first-order chi connectivity index (χ1) is 10.5. The van der Waals surface area contributed by atoms with Gasteiger partial charge in [0.25, 0.3) is 5.69 Å². The molecular formula is C16H19FN2O3. The molecule has 1 aliphatic carbocycles. The second-order valence-electron chi connectivity index (χ2n) is 5.66. The Morgan fingerprint density at radius 3 is 2.86 bits per heavy atom. The van der Waals surface area contributed by atoms with E-state index in [1.54, 1.807) is 18.2 Å². The summed E-state index contributed by atoms with van der Waals surface area (Å²) < 4.78 is 13.0. The van der Waals surface area contributed by atoms with Crippen LogP contribution in [-0.4, -0.2) is 17.3 Å². The van der Waals surface area contributed by atoms with Crippen molar-refractivity contribution in [3.05, 3.63) is 45.8 Å². The highest BCUT2D eigenvalue weighted by Crippen LogP contribution is 2.28. The number of benzene rings is 1. The highest BCUT2D eigenvalue weighted by molar-refractivity contribution is 5.79. The first-order valence-corrected chi connectivity index (χ1v) is 7.31. The van der Waals surface area contributed by atoms with E-state index in [4.69, 9.17) is 0 Å². The minimum absolute atomic E-state index is 0.0312. The zero-order valence-electron chi connectivity index (χ0n) is 12.5. The number of nitrogens with one attached hydrogen (secondary N) is 1. The number of halogens is 1. The number of anilines is 1. The Balaban J connectivity index is 2.06. The maximum atomic E-state index is 13.0. The summed E-state index contributed by atoms with van der Waals surface area (Å²) in [5.74, 6) is 0.165. The van der Waals surface area contributed by atoms with Crippen LogP contribution in [0.15, 0.2) is 30.1 Å². The summed E-state index contributed by atoms with van der Waals surface area (Å²) >= 11 is 0. The van der Waals surface area contributed by atoms with Crippen LogP contribution in [0.3, 0.4) is 0 Å². The number of carbonyl (C=O) groups excluding carboxylic acids is 1. The van der Waals surface area contributed by atoms with Crippen molar-refractivity contribution in [1.82, 2.24) is 0 Å².